The molecule has 3 rings (SSSR count). The lowest BCUT2D eigenvalue weighted by Gasteiger charge is -2.36. The highest BCUT2D eigenvalue weighted by atomic mass is 32.2. The van der Waals surface area contributed by atoms with Crippen LogP contribution in [0.4, 0.5) is 11.4 Å². The van der Waals surface area contributed by atoms with Crippen LogP contribution >= 0.6 is 0 Å². The average Bonchev–Trinajstić information content (AvgIpc) is 2.79. The summed E-state index contributed by atoms with van der Waals surface area (Å²) in [5.74, 6) is 0.237. The molecule has 0 spiro atoms. The molecular formula is C22H28N4O5S. The Hall–Kier alpha value is -2.82. The van der Waals surface area contributed by atoms with E-state index in [2.05, 4.69) is 19.2 Å². The first-order valence-electron chi connectivity index (χ1n) is 10.5. The molecule has 1 saturated heterocycles. The lowest BCUT2D eigenvalue weighted by atomic mass is 10.0. The second-order valence-electron chi connectivity index (χ2n) is 8.11. The molecule has 1 aliphatic rings. The molecule has 2 aromatic carbocycles. The largest absolute Gasteiger partial charge is 0.325 e. The van der Waals surface area contributed by atoms with Gasteiger partial charge in [-0.3, -0.25) is 19.8 Å². The Morgan fingerprint density at radius 3 is 2.16 bits per heavy atom. The van der Waals surface area contributed by atoms with Gasteiger partial charge in [0.1, 0.15) is 0 Å². The maximum absolute atomic E-state index is 13.0. The van der Waals surface area contributed by atoms with E-state index >= 15 is 0 Å². The van der Waals surface area contributed by atoms with Gasteiger partial charge in [0, 0.05) is 37.9 Å². The van der Waals surface area contributed by atoms with E-state index in [1.807, 2.05) is 29.2 Å². The van der Waals surface area contributed by atoms with E-state index in [-0.39, 0.29) is 23.9 Å². The van der Waals surface area contributed by atoms with Crippen LogP contribution in [-0.2, 0) is 14.8 Å². The fourth-order valence-electron chi connectivity index (χ4n) is 3.66. The summed E-state index contributed by atoms with van der Waals surface area (Å²) in [6.07, 6.45) is 0. The standard InChI is InChI=1S/C22H28N4O5S/c1-16(2)18-8-10-19(11-9-18)23-22(27)17(3)24-12-14-25(15-13-24)32(30,31)21-7-5-4-6-20(21)26(28)29/h4-11,16-17H,12-15H2,1-3H3,(H,23,27)/t17-/m0/s1. The molecule has 2 aromatic rings. The lowest BCUT2D eigenvalue weighted by molar-refractivity contribution is -0.387. The predicted molar refractivity (Wildman–Crippen MR) is 122 cm³/mol. The Kier molecular flexibility index (Phi) is 7.27. The summed E-state index contributed by atoms with van der Waals surface area (Å²) in [5, 5.41) is 14.1. The van der Waals surface area contributed by atoms with Crippen LogP contribution in [0.2, 0.25) is 0 Å². The number of anilines is 1. The van der Waals surface area contributed by atoms with Gasteiger partial charge in [0.2, 0.25) is 15.9 Å². The third-order valence-corrected chi connectivity index (χ3v) is 7.67. The molecule has 0 radical (unpaired) electrons. The van der Waals surface area contributed by atoms with E-state index in [0.717, 1.165) is 0 Å². The number of sulfonamides is 1. The number of para-hydroxylation sites is 1. The number of nitro benzene ring substituents is 1. The van der Waals surface area contributed by atoms with Crippen molar-refractivity contribution in [1.29, 1.82) is 0 Å². The second-order valence-corrected chi connectivity index (χ2v) is 10.0. The minimum absolute atomic E-state index is 0.148. The third kappa shape index (κ3) is 5.14. The van der Waals surface area contributed by atoms with Gasteiger partial charge >= 0.3 is 0 Å². The first-order chi connectivity index (χ1) is 15.1. The number of rotatable bonds is 7. The van der Waals surface area contributed by atoms with Crippen LogP contribution in [0.3, 0.4) is 0 Å². The highest BCUT2D eigenvalue weighted by Gasteiger charge is 2.35. The first kappa shape index (κ1) is 23.8. The van der Waals surface area contributed by atoms with Crippen molar-refractivity contribution in [1.82, 2.24) is 9.21 Å². The van der Waals surface area contributed by atoms with Crippen LogP contribution in [0.15, 0.2) is 53.4 Å². The molecule has 1 N–H and O–H groups in total. The number of benzene rings is 2. The fourth-order valence-corrected chi connectivity index (χ4v) is 5.24. The summed E-state index contributed by atoms with van der Waals surface area (Å²) in [7, 11) is -4.00. The lowest BCUT2D eigenvalue weighted by Crippen LogP contribution is -2.53. The molecule has 10 heteroatoms. The van der Waals surface area contributed by atoms with Crippen molar-refractivity contribution < 1.29 is 18.1 Å². The van der Waals surface area contributed by atoms with Gasteiger partial charge in [-0.25, -0.2) is 8.42 Å². The predicted octanol–water partition coefficient (Wildman–Crippen LogP) is 3.05. The third-order valence-electron chi connectivity index (χ3n) is 5.73. The molecule has 172 valence electrons. The molecule has 1 heterocycles. The number of carbonyl (C=O) groups is 1. The van der Waals surface area contributed by atoms with Crippen LogP contribution in [0, 0.1) is 10.1 Å². The zero-order valence-corrected chi connectivity index (χ0v) is 19.2. The summed E-state index contributed by atoms with van der Waals surface area (Å²) in [6.45, 7) is 6.98. The molecule has 32 heavy (non-hydrogen) atoms. The average molecular weight is 461 g/mol. The molecule has 1 aliphatic heterocycles. The highest BCUT2D eigenvalue weighted by molar-refractivity contribution is 7.89. The van der Waals surface area contributed by atoms with Gasteiger partial charge in [-0.15, -0.1) is 0 Å². The molecule has 0 aliphatic carbocycles. The quantitative estimate of drug-likeness (QED) is 0.502. The van der Waals surface area contributed by atoms with Crippen molar-refractivity contribution in [2.45, 2.75) is 37.6 Å². The van der Waals surface area contributed by atoms with Crippen LogP contribution in [0.1, 0.15) is 32.3 Å². The topological polar surface area (TPSA) is 113 Å². The van der Waals surface area contributed by atoms with E-state index in [4.69, 9.17) is 0 Å². The van der Waals surface area contributed by atoms with Crippen molar-refractivity contribution in [2.24, 2.45) is 0 Å². The van der Waals surface area contributed by atoms with Gasteiger partial charge < -0.3 is 5.32 Å². The summed E-state index contributed by atoms with van der Waals surface area (Å²) >= 11 is 0. The number of hydrogen-bond acceptors (Lipinski definition) is 6. The minimum atomic E-state index is -4.00. The molecule has 1 fully saturated rings. The van der Waals surface area contributed by atoms with E-state index in [9.17, 15) is 23.3 Å². The smallest absolute Gasteiger partial charge is 0.289 e. The Balaban J connectivity index is 1.62. The zero-order chi connectivity index (χ0) is 23.5. The summed E-state index contributed by atoms with van der Waals surface area (Å²) in [6, 6.07) is 12.6. The van der Waals surface area contributed by atoms with Crippen LogP contribution in [0.5, 0.6) is 0 Å². The number of amides is 1. The monoisotopic (exact) mass is 460 g/mol. The van der Waals surface area contributed by atoms with E-state index < -0.39 is 26.7 Å². The Bertz CT molecular complexity index is 1080. The molecular weight excluding hydrogens is 432 g/mol. The van der Waals surface area contributed by atoms with Gasteiger partial charge in [-0.05, 0) is 36.6 Å². The molecule has 9 nitrogen and oxygen atoms in total. The van der Waals surface area contributed by atoms with Crippen LogP contribution in [0.25, 0.3) is 0 Å². The van der Waals surface area contributed by atoms with Gasteiger partial charge in [-0.2, -0.15) is 4.31 Å². The maximum atomic E-state index is 13.0. The number of hydrogen-bond donors (Lipinski definition) is 1. The van der Waals surface area contributed by atoms with E-state index in [1.165, 1.54) is 34.1 Å². The number of piperazine rings is 1. The van der Waals surface area contributed by atoms with Gasteiger partial charge in [-0.1, -0.05) is 38.1 Å². The Labute approximate surface area is 188 Å². The minimum Gasteiger partial charge on any atom is -0.325 e. The fraction of sp³-hybridized carbons (Fsp3) is 0.409. The summed E-state index contributed by atoms with van der Waals surface area (Å²) < 4.78 is 27.2. The van der Waals surface area contributed by atoms with Crippen molar-refractivity contribution in [3.8, 4) is 0 Å². The van der Waals surface area contributed by atoms with Crippen molar-refractivity contribution >= 4 is 27.3 Å². The second kappa shape index (κ2) is 9.76. The Morgan fingerprint density at radius 1 is 1.00 bits per heavy atom. The number of nitrogens with one attached hydrogen (secondary N) is 1. The van der Waals surface area contributed by atoms with Crippen molar-refractivity contribution in [2.75, 3.05) is 31.5 Å². The van der Waals surface area contributed by atoms with Crippen LogP contribution in [-0.4, -0.2) is 60.7 Å². The zero-order valence-electron chi connectivity index (χ0n) is 18.4. The highest BCUT2D eigenvalue weighted by Crippen LogP contribution is 2.27. The number of carbonyl (C=O) groups excluding carboxylic acids is 1. The van der Waals surface area contributed by atoms with Gasteiger partial charge in [0.15, 0.2) is 4.90 Å². The van der Waals surface area contributed by atoms with Crippen molar-refractivity contribution in [3.05, 3.63) is 64.2 Å². The number of nitrogens with zero attached hydrogens (tertiary/aromatic N) is 3. The normalized spacial score (nSPS) is 16.6. The number of nitro groups is 1. The van der Waals surface area contributed by atoms with E-state index in [1.54, 1.807) is 6.92 Å². The molecule has 1 amide bonds. The molecule has 1 atom stereocenters. The first-order valence-corrected chi connectivity index (χ1v) is 11.9. The van der Waals surface area contributed by atoms with E-state index in [0.29, 0.717) is 24.7 Å². The molecule has 0 saturated carbocycles. The summed E-state index contributed by atoms with van der Waals surface area (Å²) in [5.41, 5.74) is 1.46. The van der Waals surface area contributed by atoms with Crippen molar-refractivity contribution in [3.63, 3.8) is 0 Å². The van der Waals surface area contributed by atoms with Crippen LogP contribution < -0.4 is 5.32 Å². The van der Waals surface area contributed by atoms with Gasteiger partial charge in [0.25, 0.3) is 5.69 Å². The maximum Gasteiger partial charge on any atom is 0.289 e. The SMILES string of the molecule is CC(C)c1ccc(NC(=O)[C@H](C)N2CCN(S(=O)(=O)c3ccccc3[N+](=O)[O-])CC2)cc1. The molecule has 0 bridgehead atoms. The Morgan fingerprint density at radius 2 is 1.59 bits per heavy atom. The summed E-state index contributed by atoms with van der Waals surface area (Å²) in [4.78, 5) is 24.8. The van der Waals surface area contributed by atoms with Gasteiger partial charge in [0.05, 0.1) is 11.0 Å². The molecule has 0 unspecified atom stereocenters. The molecule has 0 aromatic heterocycles.